The van der Waals surface area contributed by atoms with Crippen molar-refractivity contribution < 1.29 is 8.42 Å². The van der Waals surface area contributed by atoms with E-state index in [0.29, 0.717) is 18.3 Å². The van der Waals surface area contributed by atoms with Crippen LogP contribution in [0.4, 0.5) is 5.82 Å². The summed E-state index contributed by atoms with van der Waals surface area (Å²) in [7, 11) is -3.48. The summed E-state index contributed by atoms with van der Waals surface area (Å²) in [5.41, 5.74) is 2.31. The van der Waals surface area contributed by atoms with E-state index in [1.54, 1.807) is 0 Å². The van der Waals surface area contributed by atoms with Crippen LogP contribution in [0.5, 0.6) is 0 Å². The monoisotopic (exact) mass is 258 g/mol. The van der Waals surface area contributed by atoms with Crippen LogP contribution in [0.1, 0.15) is 20.3 Å². The molecular formula is C10H18N4O2S. The molecule has 0 radical (unpaired) electrons. The van der Waals surface area contributed by atoms with Crippen LogP contribution < -0.4 is 16.0 Å². The molecule has 1 aromatic rings. The number of hydrogen-bond acceptors (Lipinski definition) is 5. The predicted molar refractivity (Wildman–Crippen MR) is 66.7 cm³/mol. The fourth-order valence-electron chi connectivity index (χ4n) is 1.14. The van der Waals surface area contributed by atoms with Crippen LogP contribution in [0, 0.1) is 5.92 Å². The maximum Gasteiger partial charge on any atom is 0.240 e. The lowest BCUT2D eigenvalue weighted by Crippen LogP contribution is -2.28. The fourth-order valence-corrected chi connectivity index (χ4v) is 2.31. The average Bonchev–Trinajstić information content (AvgIpc) is 2.36. The van der Waals surface area contributed by atoms with Gasteiger partial charge in [0.1, 0.15) is 5.82 Å². The second-order valence-electron chi connectivity index (χ2n) is 3.89. The van der Waals surface area contributed by atoms with Crippen molar-refractivity contribution in [3.05, 3.63) is 18.3 Å². The van der Waals surface area contributed by atoms with Crippen molar-refractivity contribution in [2.24, 2.45) is 11.8 Å². The molecule has 1 unspecified atom stereocenters. The minimum atomic E-state index is -3.48. The fraction of sp³-hybridized carbons (Fsp3) is 0.500. The lowest BCUT2D eigenvalue weighted by Gasteiger charge is -2.11. The molecule has 0 aliphatic carbocycles. The van der Waals surface area contributed by atoms with E-state index in [1.165, 1.54) is 18.3 Å². The molecule has 1 atom stereocenters. The molecular weight excluding hydrogens is 240 g/mol. The number of nitrogen functional groups attached to an aromatic ring is 1. The average molecular weight is 258 g/mol. The van der Waals surface area contributed by atoms with E-state index in [1.807, 2.05) is 13.8 Å². The van der Waals surface area contributed by atoms with Gasteiger partial charge in [-0.3, -0.25) is 0 Å². The van der Waals surface area contributed by atoms with Gasteiger partial charge in [0.2, 0.25) is 10.0 Å². The van der Waals surface area contributed by atoms with Crippen molar-refractivity contribution in [2.45, 2.75) is 25.2 Å². The summed E-state index contributed by atoms with van der Waals surface area (Å²) in [6.07, 6.45) is 2.32. The van der Waals surface area contributed by atoms with E-state index >= 15 is 0 Å². The Morgan fingerprint density at radius 2 is 2.24 bits per heavy atom. The number of nitrogens with one attached hydrogen (secondary N) is 2. The third-order valence-electron chi connectivity index (χ3n) is 2.51. The molecule has 0 saturated heterocycles. The van der Waals surface area contributed by atoms with Gasteiger partial charge in [-0.05, 0) is 12.0 Å². The van der Waals surface area contributed by atoms with Crippen LogP contribution in [0.2, 0.25) is 0 Å². The maximum atomic E-state index is 11.9. The van der Waals surface area contributed by atoms with E-state index in [4.69, 9.17) is 5.84 Å². The van der Waals surface area contributed by atoms with Crippen molar-refractivity contribution in [3.8, 4) is 0 Å². The van der Waals surface area contributed by atoms with Gasteiger partial charge in [0.05, 0.1) is 4.90 Å². The Bertz CT molecular complexity index is 461. The van der Waals surface area contributed by atoms with Crippen LogP contribution in [-0.2, 0) is 10.0 Å². The molecule has 0 aliphatic heterocycles. The zero-order valence-electron chi connectivity index (χ0n) is 9.97. The zero-order valence-corrected chi connectivity index (χ0v) is 10.8. The molecule has 0 bridgehead atoms. The summed E-state index contributed by atoms with van der Waals surface area (Å²) in [5.74, 6) is 5.80. The van der Waals surface area contributed by atoms with Gasteiger partial charge in [0, 0.05) is 18.8 Å². The highest BCUT2D eigenvalue weighted by Crippen LogP contribution is 2.12. The molecule has 0 aliphatic rings. The first-order valence-corrected chi connectivity index (χ1v) is 6.90. The zero-order chi connectivity index (χ0) is 12.9. The molecule has 0 amide bonds. The van der Waals surface area contributed by atoms with Crippen LogP contribution in [0.3, 0.4) is 0 Å². The minimum absolute atomic E-state index is 0.156. The van der Waals surface area contributed by atoms with Crippen LogP contribution in [0.15, 0.2) is 23.2 Å². The molecule has 1 aromatic heterocycles. The summed E-state index contributed by atoms with van der Waals surface area (Å²) >= 11 is 0. The number of hydrogen-bond donors (Lipinski definition) is 3. The van der Waals surface area contributed by atoms with Crippen molar-refractivity contribution in [2.75, 3.05) is 12.0 Å². The number of nitrogens with zero attached hydrogens (tertiary/aromatic N) is 1. The normalized spacial score (nSPS) is 13.4. The quantitative estimate of drug-likeness (QED) is 0.515. The van der Waals surface area contributed by atoms with Gasteiger partial charge in [-0.15, -0.1) is 0 Å². The van der Waals surface area contributed by atoms with E-state index in [9.17, 15) is 8.42 Å². The van der Waals surface area contributed by atoms with Crippen LogP contribution in [0.25, 0.3) is 0 Å². The van der Waals surface area contributed by atoms with Crippen molar-refractivity contribution in [3.63, 3.8) is 0 Å². The molecule has 0 aromatic carbocycles. The smallest absolute Gasteiger partial charge is 0.240 e. The highest BCUT2D eigenvalue weighted by molar-refractivity contribution is 7.89. The van der Waals surface area contributed by atoms with E-state index in [0.717, 1.165) is 6.42 Å². The third kappa shape index (κ3) is 3.95. The number of rotatable bonds is 6. The maximum absolute atomic E-state index is 11.9. The largest absolute Gasteiger partial charge is 0.308 e. The molecule has 0 fully saturated rings. The van der Waals surface area contributed by atoms with Gasteiger partial charge in [0.15, 0.2) is 0 Å². The first-order valence-electron chi connectivity index (χ1n) is 5.42. The van der Waals surface area contributed by atoms with Crippen molar-refractivity contribution in [1.82, 2.24) is 9.71 Å². The summed E-state index contributed by atoms with van der Waals surface area (Å²) in [5, 5.41) is 0. The van der Waals surface area contributed by atoms with Gasteiger partial charge >= 0.3 is 0 Å². The van der Waals surface area contributed by atoms with Gasteiger partial charge in [-0.1, -0.05) is 20.3 Å². The van der Waals surface area contributed by atoms with E-state index in [-0.39, 0.29) is 4.90 Å². The Morgan fingerprint density at radius 3 is 2.82 bits per heavy atom. The SMILES string of the molecule is CCC(C)CNS(=O)(=O)c1ccnc(NN)c1. The summed E-state index contributed by atoms with van der Waals surface area (Å²) < 4.78 is 26.4. The first kappa shape index (κ1) is 13.9. The van der Waals surface area contributed by atoms with Crippen molar-refractivity contribution in [1.29, 1.82) is 0 Å². The number of sulfonamides is 1. The molecule has 0 spiro atoms. The third-order valence-corrected chi connectivity index (χ3v) is 3.93. The van der Waals surface area contributed by atoms with E-state index < -0.39 is 10.0 Å². The Morgan fingerprint density at radius 1 is 1.53 bits per heavy atom. The number of hydrazine groups is 1. The molecule has 7 heteroatoms. The van der Waals surface area contributed by atoms with Gasteiger partial charge in [-0.25, -0.2) is 24.0 Å². The minimum Gasteiger partial charge on any atom is -0.308 e. The summed E-state index contributed by atoms with van der Waals surface area (Å²) in [4.78, 5) is 4.01. The summed E-state index contributed by atoms with van der Waals surface area (Å²) in [6.45, 7) is 4.43. The highest BCUT2D eigenvalue weighted by atomic mass is 32.2. The topological polar surface area (TPSA) is 97.1 Å². The Kier molecular flexibility index (Phi) is 4.86. The van der Waals surface area contributed by atoms with Crippen LogP contribution in [-0.4, -0.2) is 19.9 Å². The number of nitrogens with two attached hydrogens (primary N) is 1. The van der Waals surface area contributed by atoms with Crippen LogP contribution >= 0.6 is 0 Å². The molecule has 4 N–H and O–H groups in total. The Labute approximate surface area is 102 Å². The van der Waals surface area contributed by atoms with E-state index in [2.05, 4.69) is 15.1 Å². The molecule has 17 heavy (non-hydrogen) atoms. The highest BCUT2D eigenvalue weighted by Gasteiger charge is 2.15. The lowest BCUT2D eigenvalue weighted by molar-refractivity contribution is 0.528. The van der Waals surface area contributed by atoms with Crippen molar-refractivity contribution >= 4 is 15.8 Å². The number of aromatic nitrogens is 1. The molecule has 1 rings (SSSR count). The molecule has 1 heterocycles. The van der Waals surface area contributed by atoms with Gasteiger partial charge < -0.3 is 5.43 Å². The van der Waals surface area contributed by atoms with Gasteiger partial charge in [-0.2, -0.15) is 0 Å². The second kappa shape index (κ2) is 5.95. The summed E-state index contributed by atoms with van der Waals surface area (Å²) in [6, 6.07) is 2.82. The number of pyridine rings is 1. The number of anilines is 1. The standard InChI is InChI=1S/C10H18N4O2S/c1-3-8(2)7-13-17(15,16)9-4-5-12-10(6-9)14-11/h4-6,8,13H,3,7,11H2,1-2H3,(H,12,14). The molecule has 96 valence electrons. The molecule has 6 nitrogen and oxygen atoms in total. The lowest BCUT2D eigenvalue weighted by atomic mass is 10.1. The molecule has 0 saturated carbocycles. The Hall–Kier alpha value is -1.18. The van der Waals surface area contributed by atoms with Gasteiger partial charge in [0.25, 0.3) is 0 Å². The second-order valence-corrected chi connectivity index (χ2v) is 5.65. The first-order chi connectivity index (χ1) is 7.99. The Balaban J connectivity index is 2.82. The predicted octanol–water partition coefficient (Wildman–Crippen LogP) is 0.692.